The summed E-state index contributed by atoms with van der Waals surface area (Å²) in [5.41, 5.74) is 0. The van der Waals surface area contributed by atoms with Crippen molar-refractivity contribution in [3.8, 4) is 0 Å². The van der Waals surface area contributed by atoms with Crippen LogP contribution >= 0.6 is 0 Å². The molecule has 2 unspecified atom stereocenters. The molecule has 0 aromatic rings. The van der Waals surface area contributed by atoms with E-state index in [-0.39, 0.29) is 42.1 Å². The molecule has 0 aromatic heterocycles. The number of aliphatic hydroxyl groups is 2. The quantitative estimate of drug-likeness (QED) is 0.0469. The number of aliphatic carboxylic acids is 2. The van der Waals surface area contributed by atoms with Crippen molar-refractivity contribution in [1.29, 1.82) is 0 Å². The van der Waals surface area contributed by atoms with Crippen molar-refractivity contribution in [2.24, 2.45) is 0 Å². The number of carbonyl (C=O) groups is 2. The first-order chi connectivity index (χ1) is 20.3. The second kappa shape index (κ2) is 38.9. The zero-order valence-corrected chi connectivity index (χ0v) is 28.6. The van der Waals surface area contributed by atoms with Crippen LogP contribution in [0.5, 0.6) is 0 Å². The van der Waals surface area contributed by atoms with Crippen molar-refractivity contribution in [3.63, 3.8) is 0 Å². The summed E-state index contributed by atoms with van der Waals surface area (Å²) in [6.07, 6.45) is 34.0. The summed E-state index contributed by atoms with van der Waals surface area (Å²) in [6.45, 7) is 4.39. The minimum absolute atomic E-state index is 0. The van der Waals surface area contributed by atoms with E-state index in [9.17, 15) is 30.0 Å². The summed E-state index contributed by atoms with van der Waals surface area (Å²) < 4.78 is 0. The fraction of sp³-hybridized carbons (Fsp3) is 0.833. The molecule has 0 fully saturated rings. The Morgan fingerprint density at radius 2 is 0.837 bits per heavy atom. The van der Waals surface area contributed by atoms with Crippen molar-refractivity contribution < 1.29 is 47.1 Å². The fourth-order valence-electron chi connectivity index (χ4n) is 4.72. The van der Waals surface area contributed by atoms with Gasteiger partial charge in [0.25, 0.3) is 0 Å². The third-order valence-corrected chi connectivity index (χ3v) is 7.43. The SMILES string of the molecule is CCCCCCC(O)CC=CCCCCCCCC(=O)[O-].CCCCCCC(O)CC=CCCCCCCCC(=O)[O-].[Cu+2]. The number of carboxylic acid groups (broad SMARTS) is 2. The van der Waals surface area contributed by atoms with E-state index < -0.39 is 11.9 Å². The molecule has 6 nitrogen and oxygen atoms in total. The second-order valence-electron chi connectivity index (χ2n) is 11.8. The number of hydrogen-bond acceptors (Lipinski definition) is 6. The molecule has 0 saturated heterocycles. The van der Waals surface area contributed by atoms with Gasteiger partial charge in [0.15, 0.2) is 0 Å². The Morgan fingerprint density at radius 3 is 1.19 bits per heavy atom. The molecular weight excluding hydrogens is 592 g/mol. The maximum atomic E-state index is 10.2. The molecule has 257 valence electrons. The molecule has 1 radical (unpaired) electrons. The van der Waals surface area contributed by atoms with Gasteiger partial charge in [-0.3, -0.25) is 0 Å². The molecule has 0 aliphatic rings. The third-order valence-electron chi connectivity index (χ3n) is 7.43. The van der Waals surface area contributed by atoms with Crippen LogP contribution in [0.4, 0.5) is 0 Å². The van der Waals surface area contributed by atoms with Gasteiger partial charge in [-0.1, -0.05) is 128 Å². The molecule has 0 aliphatic carbocycles. The van der Waals surface area contributed by atoms with Gasteiger partial charge in [0.05, 0.1) is 12.2 Å². The average Bonchev–Trinajstić information content (AvgIpc) is 2.95. The number of carbonyl (C=O) groups excluding carboxylic acids is 2. The maximum absolute atomic E-state index is 10.2. The van der Waals surface area contributed by atoms with E-state index in [0.717, 1.165) is 116 Å². The number of carboxylic acids is 2. The molecule has 0 saturated carbocycles. The molecule has 0 bridgehead atoms. The Hall–Kier alpha value is -1.14. The van der Waals surface area contributed by atoms with Crippen molar-refractivity contribution in [2.45, 2.75) is 193 Å². The van der Waals surface area contributed by atoms with E-state index in [1.807, 2.05) is 0 Å². The molecule has 2 N–H and O–H groups in total. The van der Waals surface area contributed by atoms with Crippen LogP contribution in [0.2, 0.25) is 0 Å². The van der Waals surface area contributed by atoms with Crippen LogP contribution in [0.1, 0.15) is 181 Å². The van der Waals surface area contributed by atoms with Gasteiger partial charge in [0, 0.05) is 11.9 Å². The molecule has 0 rings (SSSR count). The smallest absolute Gasteiger partial charge is 0.550 e. The van der Waals surface area contributed by atoms with Crippen LogP contribution in [0, 0.1) is 0 Å². The summed E-state index contributed by atoms with van der Waals surface area (Å²) in [7, 11) is 0. The first-order valence-electron chi connectivity index (χ1n) is 17.4. The summed E-state index contributed by atoms with van der Waals surface area (Å²) in [5.74, 6) is -1.88. The first-order valence-corrected chi connectivity index (χ1v) is 17.4. The van der Waals surface area contributed by atoms with Crippen LogP contribution in [-0.4, -0.2) is 34.4 Å². The molecule has 2 atom stereocenters. The summed E-state index contributed by atoms with van der Waals surface area (Å²) >= 11 is 0. The maximum Gasteiger partial charge on any atom is 2.00 e. The van der Waals surface area contributed by atoms with Crippen molar-refractivity contribution in [1.82, 2.24) is 0 Å². The van der Waals surface area contributed by atoms with E-state index >= 15 is 0 Å². The number of rotatable bonds is 30. The van der Waals surface area contributed by atoms with Crippen molar-refractivity contribution in [3.05, 3.63) is 24.3 Å². The van der Waals surface area contributed by atoms with Gasteiger partial charge in [-0.25, -0.2) is 0 Å². The molecule has 0 spiro atoms. The summed E-state index contributed by atoms with van der Waals surface area (Å²) in [5, 5.41) is 40.0. The fourth-order valence-corrected chi connectivity index (χ4v) is 4.72. The van der Waals surface area contributed by atoms with Gasteiger partial charge in [-0.2, -0.15) is 0 Å². The monoisotopic (exact) mass is 657 g/mol. The second-order valence-corrected chi connectivity index (χ2v) is 11.8. The van der Waals surface area contributed by atoms with Gasteiger partial charge in [0.2, 0.25) is 0 Å². The molecule has 0 aliphatic heterocycles. The zero-order chi connectivity index (χ0) is 31.5. The van der Waals surface area contributed by atoms with Gasteiger partial charge in [-0.15, -0.1) is 0 Å². The molecule has 7 heteroatoms. The minimum atomic E-state index is -0.939. The topological polar surface area (TPSA) is 121 Å². The Bertz CT molecular complexity index is 583. The Morgan fingerprint density at radius 1 is 0.512 bits per heavy atom. The predicted octanol–water partition coefficient (Wildman–Crippen LogP) is 7.49. The number of hydrogen-bond donors (Lipinski definition) is 2. The Labute approximate surface area is 275 Å². The third kappa shape index (κ3) is 45.4. The van der Waals surface area contributed by atoms with Crippen molar-refractivity contribution >= 4 is 11.9 Å². The van der Waals surface area contributed by atoms with Gasteiger partial charge in [-0.05, 0) is 77.0 Å². The Kier molecular flexibility index (Phi) is 41.8. The Balaban J connectivity index is -0.000000727. The molecule has 0 aromatic carbocycles. The first kappa shape index (κ1) is 46.3. The summed E-state index contributed by atoms with van der Waals surface area (Å²) in [6, 6.07) is 0. The molecule has 43 heavy (non-hydrogen) atoms. The standard InChI is InChI=1S/2C18H34O3.Cu/c2*1-2-3-4-11-14-17(19)15-12-9-7-5-6-8-10-13-16-18(20)21;/h2*9,12,17,19H,2-8,10-11,13-16H2,1H3,(H,20,21);/q;;+2/p-2. The number of unbranched alkanes of at least 4 members (excludes halogenated alkanes) is 16. The molecule has 0 amide bonds. The molecular formula is C36H66CuO6. The van der Waals surface area contributed by atoms with E-state index in [4.69, 9.17) is 0 Å². The van der Waals surface area contributed by atoms with E-state index in [1.54, 1.807) is 0 Å². The number of allylic oxidation sites excluding steroid dienone is 2. The van der Waals surface area contributed by atoms with Crippen LogP contribution < -0.4 is 10.2 Å². The summed E-state index contributed by atoms with van der Waals surface area (Å²) in [4.78, 5) is 20.4. The zero-order valence-electron chi connectivity index (χ0n) is 27.7. The van der Waals surface area contributed by atoms with Gasteiger partial charge in [0.1, 0.15) is 0 Å². The van der Waals surface area contributed by atoms with Crippen LogP contribution in [-0.2, 0) is 26.7 Å². The minimum Gasteiger partial charge on any atom is -0.550 e. The van der Waals surface area contributed by atoms with E-state index in [1.165, 1.54) is 38.5 Å². The van der Waals surface area contributed by atoms with Gasteiger partial charge < -0.3 is 30.0 Å². The van der Waals surface area contributed by atoms with Gasteiger partial charge >= 0.3 is 17.1 Å². The van der Waals surface area contributed by atoms with Crippen LogP contribution in [0.25, 0.3) is 0 Å². The van der Waals surface area contributed by atoms with E-state index in [0.29, 0.717) is 0 Å². The normalized spacial score (nSPS) is 12.6. The average molecular weight is 658 g/mol. The van der Waals surface area contributed by atoms with Crippen LogP contribution in [0.3, 0.4) is 0 Å². The number of aliphatic hydroxyl groups excluding tert-OH is 2. The van der Waals surface area contributed by atoms with E-state index in [2.05, 4.69) is 38.2 Å². The van der Waals surface area contributed by atoms with Crippen molar-refractivity contribution in [2.75, 3.05) is 0 Å². The van der Waals surface area contributed by atoms with Crippen LogP contribution in [0.15, 0.2) is 24.3 Å². The predicted molar refractivity (Wildman–Crippen MR) is 172 cm³/mol. The molecule has 0 heterocycles. The largest absolute Gasteiger partial charge is 2.00 e.